The molecular formula is C8H11B2O4. The van der Waals surface area contributed by atoms with Crippen LogP contribution in [0.15, 0.2) is 12.1 Å². The van der Waals surface area contributed by atoms with E-state index < -0.39 is 7.12 Å². The molecule has 1 aromatic carbocycles. The maximum absolute atomic E-state index is 9.01. The van der Waals surface area contributed by atoms with E-state index in [0.29, 0.717) is 24.5 Å². The summed E-state index contributed by atoms with van der Waals surface area (Å²) < 4.78 is 4.82. The van der Waals surface area contributed by atoms with Crippen LogP contribution in [0.2, 0.25) is 0 Å². The van der Waals surface area contributed by atoms with Gasteiger partial charge in [-0.15, -0.1) is 0 Å². The molecule has 1 radical (unpaired) electrons. The average molecular weight is 193 g/mol. The Morgan fingerprint density at radius 1 is 1.21 bits per heavy atom. The Kier molecular flexibility index (Phi) is 3.57. The molecule has 0 aromatic heterocycles. The van der Waals surface area contributed by atoms with Crippen LogP contribution >= 0.6 is 0 Å². The summed E-state index contributed by atoms with van der Waals surface area (Å²) in [7, 11) is -0.891. The van der Waals surface area contributed by atoms with Gasteiger partial charge < -0.3 is 19.7 Å². The average Bonchev–Trinajstić information content (AvgIpc) is 2.10. The van der Waals surface area contributed by atoms with E-state index in [1.807, 2.05) is 0 Å². The fraction of sp³-hybridized carbons (Fsp3) is 0.250. The van der Waals surface area contributed by atoms with E-state index in [1.54, 1.807) is 26.0 Å². The van der Waals surface area contributed by atoms with E-state index in [2.05, 4.69) is 0 Å². The van der Waals surface area contributed by atoms with Crippen molar-refractivity contribution < 1.29 is 19.7 Å². The van der Waals surface area contributed by atoms with Gasteiger partial charge in [-0.2, -0.15) is 0 Å². The second-order valence-electron chi connectivity index (χ2n) is 3.07. The zero-order valence-corrected chi connectivity index (χ0v) is 8.06. The van der Waals surface area contributed by atoms with Crippen LogP contribution in [-0.2, 0) is 0 Å². The minimum Gasteiger partial charge on any atom is -0.537 e. The van der Waals surface area contributed by atoms with E-state index in [0.717, 1.165) is 5.56 Å². The van der Waals surface area contributed by atoms with E-state index in [1.165, 1.54) is 0 Å². The first kappa shape index (κ1) is 11.1. The Hall–Kier alpha value is -0.970. The summed E-state index contributed by atoms with van der Waals surface area (Å²) in [5.41, 5.74) is 1.86. The quantitative estimate of drug-likeness (QED) is 0.532. The first-order chi connectivity index (χ1) is 6.56. The molecule has 0 aliphatic rings. The predicted octanol–water partition coefficient (Wildman–Crippen LogP) is -1.11. The van der Waals surface area contributed by atoms with E-state index in [-0.39, 0.29) is 0 Å². The Morgan fingerprint density at radius 2 is 1.86 bits per heavy atom. The van der Waals surface area contributed by atoms with Crippen LogP contribution in [0.25, 0.3) is 0 Å². The molecule has 0 aliphatic heterocycles. The van der Waals surface area contributed by atoms with Crippen molar-refractivity contribution in [3.05, 3.63) is 23.3 Å². The van der Waals surface area contributed by atoms with Crippen molar-refractivity contribution in [3.8, 4) is 5.75 Å². The summed E-state index contributed by atoms with van der Waals surface area (Å²) >= 11 is 0. The van der Waals surface area contributed by atoms with Crippen molar-refractivity contribution in [3.63, 3.8) is 0 Å². The van der Waals surface area contributed by atoms with Gasteiger partial charge in [-0.05, 0) is 36.5 Å². The summed E-state index contributed by atoms with van der Waals surface area (Å²) in [6, 6.07) is 3.25. The molecular weight excluding hydrogens is 182 g/mol. The molecule has 0 bridgehead atoms. The molecule has 0 fully saturated rings. The Bertz CT molecular complexity index is 327. The highest BCUT2D eigenvalue weighted by molar-refractivity contribution is 6.59. The van der Waals surface area contributed by atoms with Crippen LogP contribution in [0.3, 0.4) is 0 Å². The van der Waals surface area contributed by atoms with Crippen LogP contribution in [-0.4, -0.2) is 29.9 Å². The van der Waals surface area contributed by atoms with Crippen molar-refractivity contribution >= 4 is 20.3 Å². The molecule has 0 amide bonds. The van der Waals surface area contributed by atoms with Crippen molar-refractivity contribution in [2.45, 2.75) is 13.8 Å². The van der Waals surface area contributed by atoms with Gasteiger partial charge in [-0.1, -0.05) is 6.07 Å². The van der Waals surface area contributed by atoms with Gasteiger partial charge in [0.05, 0.1) is 0 Å². The molecule has 3 N–H and O–H groups in total. The third-order valence-electron chi connectivity index (χ3n) is 2.02. The molecule has 0 aliphatic carbocycles. The maximum Gasteiger partial charge on any atom is 0.569 e. The molecule has 73 valence electrons. The largest absolute Gasteiger partial charge is 0.569 e. The van der Waals surface area contributed by atoms with Gasteiger partial charge in [0.15, 0.2) is 0 Å². The van der Waals surface area contributed by atoms with Crippen LogP contribution in [0.4, 0.5) is 0 Å². The lowest BCUT2D eigenvalue weighted by Crippen LogP contribution is -2.32. The molecule has 1 rings (SSSR count). The maximum atomic E-state index is 9.01. The molecule has 14 heavy (non-hydrogen) atoms. The van der Waals surface area contributed by atoms with Gasteiger partial charge in [0.25, 0.3) is 0 Å². The molecule has 1 aromatic rings. The summed E-state index contributed by atoms with van der Waals surface area (Å²) in [5, 5.41) is 26.5. The van der Waals surface area contributed by atoms with Gasteiger partial charge in [0.1, 0.15) is 5.75 Å². The molecule has 0 saturated heterocycles. The molecule has 0 spiro atoms. The standard InChI is InChI=1S/C8H11B2O4/c1-5-4-8(14-9-11)6(2)3-7(5)10(12)13/h3-4,11-13H,1-2H3. The lowest BCUT2D eigenvalue weighted by atomic mass is 9.76. The van der Waals surface area contributed by atoms with E-state index in [4.69, 9.17) is 19.7 Å². The van der Waals surface area contributed by atoms with Crippen molar-refractivity contribution in [1.29, 1.82) is 0 Å². The normalized spacial score (nSPS) is 9.79. The second kappa shape index (κ2) is 4.50. The Balaban J connectivity index is 3.10. The van der Waals surface area contributed by atoms with Gasteiger partial charge in [0, 0.05) is 0 Å². The molecule has 0 heterocycles. The summed E-state index contributed by atoms with van der Waals surface area (Å²) in [4.78, 5) is 0. The third-order valence-corrected chi connectivity index (χ3v) is 2.02. The first-order valence-corrected chi connectivity index (χ1v) is 4.16. The van der Waals surface area contributed by atoms with Crippen LogP contribution in [0.5, 0.6) is 5.75 Å². The van der Waals surface area contributed by atoms with Gasteiger partial charge in [-0.3, -0.25) is 0 Å². The van der Waals surface area contributed by atoms with E-state index in [9.17, 15) is 0 Å². The van der Waals surface area contributed by atoms with Crippen molar-refractivity contribution in [2.24, 2.45) is 0 Å². The lowest BCUT2D eigenvalue weighted by Gasteiger charge is -2.11. The predicted molar refractivity (Wildman–Crippen MR) is 54.3 cm³/mol. The monoisotopic (exact) mass is 193 g/mol. The zero-order valence-electron chi connectivity index (χ0n) is 8.06. The highest BCUT2D eigenvalue weighted by atomic mass is 16.5. The van der Waals surface area contributed by atoms with Crippen molar-refractivity contribution in [2.75, 3.05) is 0 Å². The minimum atomic E-state index is -1.49. The van der Waals surface area contributed by atoms with Gasteiger partial charge in [0.2, 0.25) is 0 Å². The summed E-state index contributed by atoms with van der Waals surface area (Å²) in [6.07, 6.45) is 0. The number of hydrogen-bond donors (Lipinski definition) is 3. The van der Waals surface area contributed by atoms with Gasteiger partial charge in [-0.25, -0.2) is 0 Å². The van der Waals surface area contributed by atoms with Crippen LogP contribution < -0.4 is 10.1 Å². The number of rotatable bonds is 3. The number of aryl methyl sites for hydroxylation is 2. The molecule has 4 nitrogen and oxygen atoms in total. The lowest BCUT2D eigenvalue weighted by molar-refractivity contribution is 0.425. The fourth-order valence-electron chi connectivity index (χ4n) is 1.27. The smallest absolute Gasteiger partial charge is 0.537 e. The zero-order chi connectivity index (χ0) is 10.7. The van der Waals surface area contributed by atoms with E-state index >= 15 is 0 Å². The van der Waals surface area contributed by atoms with Gasteiger partial charge >= 0.3 is 14.8 Å². The molecule has 6 heteroatoms. The SMILES string of the molecule is Cc1cc(B(O)O)c(C)cc1O[B]O. The third kappa shape index (κ3) is 2.29. The van der Waals surface area contributed by atoms with Crippen LogP contribution in [0, 0.1) is 13.8 Å². The minimum absolute atomic E-state index is 0.438. The molecule has 0 unspecified atom stereocenters. The summed E-state index contributed by atoms with van der Waals surface area (Å²) in [5.74, 6) is 0.495. The number of hydrogen-bond acceptors (Lipinski definition) is 4. The molecule has 0 atom stereocenters. The topological polar surface area (TPSA) is 69.9 Å². The van der Waals surface area contributed by atoms with Crippen molar-refractivity contribution in [1.82, 2.24) is 0 Å². The molecule has 0 saturated carbocycles. The highest BCUT2D eigenvalue weighted by Crippen LogP contribution is 2.17. The Labute approximate surface area is 83.6 Å². The highest BCUT2D eigenvalue weighted by Gasteiger charge is 2.15. The number of benzene rings is 1. The second-order valence-corrected chi connectivity index (χ2v) is 3.07. The van der Waals surface area contributed by atoms with Crippen LogP contribution in [0.1, 0.15) is 11.1 Å². The first-order valence-electron chi connectivity index (χ1n) is 4.16. The fourth-order valence-corrected chi connectivity index (χ4v) is 1.27. The Morgan fingerprint density at radius 3 is 2.36 bits per heavy atom. The summed E-state index contributed by atoms with van der Waals surface area (Å²) in [6.45, 7) is 3.49.